The Morgan fingerprint density at radius 2 is 1.86 bits per heavy atom. The van der Waals surface area contributed by atoms with E-state index >= 15 is 0 Å². The summed E-state index contributed by atoms with van der Waals surface area (Å²) in [7, 11) is 1.49. The number of carboxylic acid groups (broad SMARTS) is 1. The number of carbonyl (C=O) groups excluding carboxylic acids is 2. The van der Waals surface area contributed by atoms with Gasteiger partial charge in [0, 0.05) is 11.6 Å². The van der Waals surface area contributed by atoms with Crippen molar-refractivity contribution in [1.82, 2.24) is 5.32 Å². The number of anilines is 2. The first kappa shape index (κ1) is 21.5. The lowest BCUT2D eigenvalue weighted by Gasteiger charge is -2.22. The highest BCUT2D eigenvalue weighted by Crippen LogP contribution is 2.30. The zero-order chi connectivity index (χ0) is 20.7. The Labute approximate surface area is 163 Å². The fourth-order valence-electron chi connectivity index (χ4n) is 2.99. The van der Waals surface area contributed by atoms with Crippen molar-refractivity contribution in [3.05, 3.63) is 18.2 Å². The van der Waals surface area contributed by atoms with E-state index in [1.165, 1.54) is 7.11 Å². The summed E-state index contributed by atoms with van der Waals surface area (Å²) < 4.78 is 5.27. The van der Waals surface area contributed by atoms with E-state index in [1.54, 1.807) is 18.2 Å². The number of rotatable bonds is 7. The Hall–Kier alpha value is -2.81. The van der Waals surface area contributed by atoms with Gasteiger partial charge in [0.2, 0.25) is 5.91 Å². The summed E-state index contributed by atoms with van der Waals surface area (Å²) in [5, 5.41) is 26.2. The van der Waals surface area contributed by atoms with Crippen LogP contribution in [0.25, 0.3) is 0 Å². The SMILES string of the molecule is COc1ccc(NC(=O)NCC(C)(O)C(=O)O)cc1NC(=O)C1CCCCC1. The number of carbonyl (C=O) groups is 3. The molecule has 0 spiro atoms. The molecule has 9 nitrogen and oxygen atoms in total. The van der Waals surface area contributed by atoms with E-state index in [4.69, 9.17) is 9.84 Å². The van der Waals surface area contributed by atoms with Gasteiger partial charge < -0.3 is 30.9 Å². The zero-order valence-electron chi connectivity index (χ0n) is 16.1. The van der Waals surface area contributed by atoms with Crippen LogP contribution in [0.4, 0.5) is 16.2 Å². The van der Waals surface area contributed by atoms with Crippen molar-refractivity contribution in [2.24, 2.45) is 5.92 Å². The number of benzene rings is 1. The van der Waals surface area contributed by atoms with Crippen molar-refractivity contribution in [2.45, 2.75) is 44.6 Å². The van der Waals surface area contributed by atoms with Crippen molar-refractivity contribution in [2.75, 3.05) is 24.3 Å². The largest absolute Gasteiger partial charge is 0.495 e. The molecule has 1 saturated carbocycles. The number of aliphatic carboxylic acids is 1. The highest BCUT2D eigenvalue weighted by molar-refractivity contribution is 5.96. The lowest BCUT2D eigenvalue weighted by molar-refractivity contribution is -0.155. The normalized spacial score (nSPS) is 16.5. The third kappa shape index (κ3) is 5.85. The van der Waals surface area contributed by atoms with Gasteiger partial charge in [0.15, 0.2) is 5.60 Å². The van der Waals surface area contributed by atoms with Gasteiger partial charge in [0.25, 0.3) is 0 Å². The third-order valence-electron chi connectivity index (χ3n) is 4.75. The van der Waals surface area contributed by atoms with Crippen molar-refractivity contribution < 1.29 is 29.3 Å². The summed E-state index contributed by atoms with van der Waals surface area (Å²) in [6.45, 7) is 0.623. The Morgan fingerprint density at radius 3 is 2.46 bits per heavy atom. The molecule has 0 aromatic heterocycles. The standard InChI is InChI=1S/C19H27N3O6/c1-19(27,17(24)25)11-20-18(26)21-13-8-9-15(28-2)14(10-13)22-16(23)12-6-4-3-5-7-12/h8-10,12,27H,3-7,11H2,1-2H3,(H,22,23)(H,24,25)(H2,20,21,26). The van der Waals surface area contributed by atoms with Crippen LogP contribution in [0, 0.1) is 5.92 Å². The van der Waals surface area contributed by atoms with Crippen LogP contribution in [0.1, 0.15) is 39.0 Å². The second-order valence-electron chi connectivity index (χ2n) is 7.13. The van der Waals surface area contributed by atoms with Crippen LogP contribution in [0.5, 0.6) is 5.75 Å². The molecule has 1 fully saturated rings. The lowest BCUT2D eigenvalue weighted by atomic mass is 9.88. The van der Waals surface area contributed by atoms with Crippen molar-refractivity contribution in [1.29, 1.82) is 0 Å². The summed E-state index contributed by atoms with van der Waals surface area (Å²) in [6, 6.07) is 4.08. The van der Waals surface area contributed by atoms with Crippen molar-refractivity contribution >= 4 is 29.3 Å². The zero-order valence-corrected chi connectivity index (χ0v) is 16.1. The summed E-state index contributed by atoms with van der Waals surface area (Å²) in [6.07, 6.45) is 4.95. The number of hydrogen-bond donors (Lipinski definition) is 5. The Balaban J connectivity index is 2.01. The number of amides is 3. The van der Waals surface area contributed by atoms with E-state index in [-0.39, 0.29) is 11.8 Å². The third-order valence-corrected chi connectivity index (χ3v) is 4.75. The van der Waals surface area contributed by atoms with E-state index in [0.717, 1.165) is 39.0 Å². The maximum absolute atomic E-state index is 12.5. The molecule has 1 aromatic rings. The molecule has 1 atom stereocenters. The van der Waals surface area contributed by atoms with Gasteiger partial charge in [-0.15, -0.1) is 0 Å². The first-order valence-corrected chi connectivity index (χ1v) is 9.22. The first-order chi connectivity index (χ1) is 13.2. The first-order valence-electron chi connectivity index (χ1n) is 9.22. The summed E-state index contributed by atoms with van der Waals surface area (Å²) >= 11 is 0. The Morgan fingerprint density at radius 1 is 1.18 bits per heavy atom. The summed E-state index contributed by atoms with van der Waals surface area (Å²) in [5.41, 5.74) is -1.25. The highest BCUT2D eigenvalue weighted by Gasteiger charge is 2.30. The van der Waals surface area contributed by atoms with E-state index in [0.29, 0.717) is 17.1 Å². The average Bonchev–Trinajstić information content (AvgIpc) is 2.67. The molecule has 0 heterocycles. The van der Waals surface area contributed by atoms with Gasteiger partial charge in [-0.25, -0.2) is 9.59 Å². The molecule has 1 aliphatic rings. The maximum Gasteiger partial charge on any atom is 0.337 e. The molecule has 3 amide bonds. The van der Waals surface area contributed by atoms with E-state index in [1.807, 2.05) is 0 Å². The Bertz CT molecular complexity index is 728. The fourth-order valence-corrected chi connectivity index (χ4v) is 2.99. The van der Waals surface area contributed by atoms with Gasteiger partial charge in [-0.3, -0.25) is 4.79 Å². The van der Waals surface area contributed by atoms with Gasteiger partial charge in [0.1, 0.15) is 5.75 Å². The molecule has 0 bridgehead atoms. The fraction of sp³-hybridized carbons (Fsp3) is 0.526. The van der Waals surface area contributed by atoms with E-state index < -0.39 is 24.1 Å². The molecule has 1 aromatic carbocycles. The number of hydrogen-bond acceptors (Lipinski definition) is 5. The van der Waals surface area contributed by atoms with Crippen LogP contribution < -0.4 is 20.7 Å². The summed E-state index contributed by atoms with van der Waals surface area (Å²) in [5.74, 6) is -1.08. The second-order valence-corrected chi connectivity index (χ2v) is 7.13. The molecule has 1 unspecified atom stereocenters. The highest BCUT2D eigenvalue weighted by atomic mass is 16.5. The minimum absolute atomic E-state index is 0.0309. The van der Waals surface area contributed by atoms with Crippen LogP contribution in [0.3, 0.4) is 0 Å². The predicted molar refractivity (Wildman–Crippen MR) is 103 cm³/mol. The minimum atomic E-state index is -2.07. The van der Waals surface area contributed by atoms with Crippen molar-refractivity contribution in [3.63, 3.8) is 0 Å². The predicted octanol–water partition coefficient (Wildman–Crippen LogP) is 2.17. The molecule has 0 radical (unpaired) electrons. The molecule has 0 aliphatic heterocycles. The van der Waals surface area contributed by atoms with Crippen LogP contribution >= 0.6 is 0 Å². The molecule has 0 saturated heterocycles. The quantitative estimate of drug-likeness (QED) is 0.481. The van der Waals surface area contributed by atoms with Crippen LogP contribution in [0.2, 0.25) is 0 Å². The van der Waals surface area contributed by atoms with Gasteiger partial charge in [-0.2, -0.15) is 0 Å². The maximum atomic E-state index is 12.5. The number of nitrogens with one attached hydrogen (secondary N) is 3. The number of aliphatic hydroxyl groups is 1. The molecule has 1 aliphatic carbocycles. The topological polar surface area (TPSA) is 137 Å². The monoisotopic (exact) mass is 393 g/mol. The lowest BCUT2D eigenvalue weighted by Crippen LogP contribution is -2.47. The molecule has 9 heteroatoms. The molecule has 2 rings (SSSR count). The van der Waals surface area contributed by atoms with Gasteiger partial charge >= 0.3 is 12.0 Å². The van der Waals surface area contributed by atoms with E-state index in [2.05, 4.69) is 16.0 Å². The van der Waals surface area contributed by atoms with E-state index in [9.17, 15) is 19.5 Å². The van der Waals surface area contributed by atoms with Crippen LogP contribution in [-0.4, -0.2) is 47.4 Å². The average molecular weight is 393 g/mol. The second kappa shape index (κ2) is 9.41. The van der Waals surface area contributed by atoms with Gasteiger partial charge in [-0.1, -0.05) is 19.3 Å². The smallest absolute Gasteiger partial charge is 0.337 e. The molecule has 5 N–H and O–H groups in total. The van der Waals surface area contributed by atoms with Crippen molar-refractivity contribution in [3.8, 4) is 5.75 Å². The van der Waals surface area contributed by atoms with Gasteiger partial charge in [-0.05, 0) is 38.0 Å². The molecule has 154 valence electrons. The number of carboxylic acids is 1. The molecule has 28 heavy (non-hydrogen) atoms. The summed E-state index contributed by atoms with van der Waals surface area (Å²) in [4.78, 5) is 35.3. The number of methoxy groups -OCH3 is 1. The Kier molecular flexibility index (Phi) is 7.22. The number of urea groups is 1. The van der Waals surface area contributed by atoms with Gasteiger partial charge in [0.05, 0.1) is 19.3 Å². The number of ether oxygens (including phenoxy) is 1. The molecular formula is C19H27N3O6. The van der Waals surface area contributed by atoms with Crippen LogP contribution in [-0.2, 0) is 9.59 Å². The van der Waals surface area contributed by atoms with Crippen LogP contribution in [0.15, 0.2) is 18.2 Å². The molecular weight excluding hydrogens is 366 g/mol. The minimum Gasteiger partial charge on any atom is -0.495 e.